The molecule has 0 aliphatic carbocycles. The van der Waals surface area contributed by atoms with Crippen LogP contribution in [0.15, 0.2) is 60.3 Å². The molecule has 1 aromatic carbocycles. The third kappa shape index (κ3) is 4.12. The lowest BCUT2D eigenvalue weighted by Gasteiger charge is -2.04. The summed E-state index contributed by atoms with van der Waals surface area (Å²) < 4.78 is 1.82. The molecule has 0 bridgehead atoms. The summed E-state index contributed by atoms with van der Waals surface area (Å²) in [5.41, 5.74) is 3.36. The summed E-state index contributed by atoms with van der Waals surface area (Å²) in [5.74, 6) is -0.499. The monoisotopic (exact) mass is 385 g/mol. The largest absolute Gasteiger partial charge is 0.351 e. The van der Waals surface area contributed by atoms with Crippen molar-refractivity contribution >= 4 is 23.3 Å². The fourth-order valence-corrected chi connectivity index (χ4v) is 3.31. The predicted molar refractivity (Wildman–Crippen MR) is 114 cm³/mol. The zero-order valence-corrected chi connectivity index (χ0v) is 16.6. The molecule has 1 amide bonds. The number of rotatable bonds is 7. The molecule has 0 radical (unpaired) electrons. The molecule has 29 heavy (non-hydrogen) atoms. The van der Waals surface area contributed by atoms with Gasteiger partial charge in [-0.1, -0.05) is 49.7 Å². The Labute approximate surface area is 170 Å². The standard InChI is InChI=1S/C24H23N3O2/c1-3-4-13-26-24(29)19(16-25)15-20-17(2)22(27-14-9-8-12-21(20)27)23(28)18-10-6-5-7-11-18/h5-12,14-15H,3-4,13H2,1-2H3,(H,26,29)/b19-15+. The van der Waals surface area contributed by atoms with Crippen LogP contribution in [0.5, 0.6) is 0 Å². The topological polar surface area (TPSA) is 74.4 Å². The molecule has 3 aromatic rings. The van der Waals surface area contributed by atoms with Crippen LogP contribution in [0.3, 0.4) is 0 Å². The van der Waals surface area contributed by atoms with Crippen LogP contribution < -0.4 is 5.32 Å². The number of unbranched alkanes of at least 4 members (excludes halogenated alkanes) is 1. The number of benzene rings is 1. The van der Waals surface area contributed by atoms with Gasteiger partial charge in [0.05, 0.1) is 11.2 Å². The molecule has 5 nitrogen and oxygen atoms in total. The van der Waals surface area contributed by atoms with E-state index in [9.17, 15) is 14.9 Å². The summed E-state index contributed by atoms with van der Waals surface area (Å²) >= 11 is 0. The third-order valence-electron chi connectivity index (χ3n) is 4.86. The SMILES string of the molecule is CCCCNC(=O)/C(C#N)=C/c1c(C)c(C(=O)c2ccccc2)n2ccccc12. The molecule has 2 aromatic heterocycles. The molecule has 5 heteroatoms. The van der Waals surface area contributed by atoms with Gasteiger partial charge in [-0.15, -0.1) is 0 Å². The molecule has 0 saturated carbocycles. The number of hydrogen-bond acceptors (Lipinski definition) is 3. The van der Waals surface area contributed by atoms with Crippen LogP contribution in [0.25, 0.3) is 11.6 Å². The summed E-state index contributed by atoms with van der Waals surface area (Å²) in [4.78, 5) is 25.6. The average molecular weight is 385 g/mol. The second kappa shape index (κ2) is 9.03. The number of nitrogens with zero attached hydrogens (tertiary/aromatic N) is 2. The van der Waals surface area contributed by atoms with Crippen molar-refractivity contribution in [3.8, 4) is 6.07 Å². The second-order valence-electron chi connectivity index (χ2n) is 6.82. The normalized spacial score (nSPS) is 11.3. The van der Waals surface area contributed by atoms with Crippen molar-refractivity contribution < 1.29 is 9.59 Å². The highest BCUT2D eigenvalue weighted by Gasteiger charge is 2.21. The number of pyridine rings is 1. The Hall–Kier alpha value is -3.65. The molecule has 0 spiro atoms. The molecule has 0 fully saturated rings. The first-order chi connectivity index (χ1) is 14.1. The smallest absolute Gasteiger partial charge is 0.261 e. The number of fused-ring (bicyclic) bond motifs is 1. The van der Waals surface area contributed by atoms with E-state index in [0.717, 1.165) is 23.9 Å². The van der Waals surface area contributed by atoms with Gasteiger partial charge < -0.3 is 9.72 Å². The van der Waals surface area contributed by atoms with E-state index in [1.165, 1.54) is 0 Å². The third-order valence-corrected chi connectivity index (χ3v) is 4.86. The number of amides is 1. The van der Waals surface area contributed by atoms with Gasteiger partial charge in [-0.3, -0.25) is 9.59 Å². The summed E-state index contributed by atoms with van der Waals surface area (Å²) in [6, 6.07) is 16.7. The van der Waals surface area contributed by atoms with Crippen molar-refractivity contribution in [3.05, 3.63) is 82.7 Å². The van der Waals surface area contributed by atoms with E-state index < -0.39 is 5.91 Å². The number of carbonyl (C=O) groups is 2. The number of aromatic nitrogens is 1. The first-order valence-corrected chi connectivity index (χ1v) is 9.67. The lowest BCUT2D eigenvalue weighted by molar-refractivity contribution is -0.117. The summed E-state index contributed by atoms with van der Waals surface area (Å²) in [6.07, 6.45) is 5.21. The van der Waals surface area contributed by atoms with Gasteiger partial charge in [0.2, 0.25) is 5.78 Å². The van der Waals surface area contributed by atoms with Gasteiger partial charge in [0.25, 0.3) is 5.91 Å². The van der Waals surface area contributed by atoms with Crippen molar-refractivity contribution in [1.82, 2.24) is 9.72 Å². The van der Waals surface area contributed by atoms with Gasteiger partial charge in [-0.2, -0.15) is 5.26 Å². The van der Waals surface area contributed by atoms with Gasteiger partial charge >= 0.3 is 0 Å². The molecule has 2 heterocycles. The average Bonchev–Trinajstić information content (AvgIpc) is 3.03. The number of carbonyl (C=O) groups excluding carboxylic acids is 2. The minimum Gasteiger partial charge on any atom is -0.351 e. The van der Waals surface area contributed by atoms with E-state index in [1.54, 1.807) is 18.2 Å². The van der Waals surface area contributed by atoms with Gasteiger partial charge in [-0.25, -0.2) is 0 Å². The molecular formula is C24H23N3O2. The maximum absolute atomic E-state index is 13.2. The fourth-order valence-electron chi connectivity index (χ4n) is 3.31. The maximum Gasteiger partial charge on any atom is 0.261 e. The minimum absolute atomic E-state index is 0.0271. The predicted octanol–water partition coefficient (Wildman–Crippen LogP) is 4.30. The Morgan fingerprint density at radius 3 is 2.55 bits per heavy atom. The molecular weight excluding hydrogens is 362 g/mol. The van der Waals surface area contributed by atoms with Crippen molar-refractivity contribution in [1.29, 1.82) is 5.26 Å². The lowest BCUT2D eigenvalue weighted by atomic mass is 10.0. The zero-order chi connectivity index (χ0) is 20.8. The zero-order valence-electron chi connectivity index (χ0n) is 16.6. The van der Waals surface area contributed by atoms with Crippen LogP contribution in [-0.2, 0) is 4.79 Å². The highest BCUT2D eigenvalue weighted by Crippen LogP contribution is 2.27. The lowest BCUT2D eigenvalue weighted by Crippen LogP contribution is -2.25. The van der Waals surface area contributed by atoms with Crippen LogP contribution in [0.4, 0.5) is 0 Å². The Balaban J connectivity index is 2.10. The Morgan fingerprint density at radius 2 is 1.86 bits per heavy atom. The van der Waals surface area contributed by atoms with Crippen LogP contribution in [0.1, 0.15) is 46.9 Å². The Bertz CT molecular complexity index is 1120. The van der Waals surface area contributed by atoms with Crippen molar-refractivity contribution in [3.63, 3.8) is 0 Å². The Kier molecular flexibility index (Phi) is 6.25. The molecule has 146 valence electrons. The quantitative estimate of drug-likeness (QED) is 0.285. The van der Waals surface area contributed by atoms with Gasteiger partial charge in [0.15, 0.2) is 0 Å². The number of nitrogens with one attached hydrogen (secondary N) is 1. The highest BCUT2D eigenvalue weighted by atomic mass is 16.1. The summed E-state index contributed by atoms with van der Waals surface area (Å²) in [5, 5.41) is 12.3. The molecule has 0 aliphatic rings. The molecule has 0 atom stereocenters. The molecule has 0 aliphatic heterocycles. The van der Waals surface area contributed by atoms with E-state index in [4.69, 9.17) is 0 Å². The van der Waals surface area contributed by atoms with E-state index in [2.05, 4.69) is 5.32 Å². The molecule has 0 saturated heterocycles. The van der Waals surface area contributed by atoms with E-state index in [-0.39, 0.29) is 11.4 Å². The first kappa shape index (κ1) is 20.1. The van der Waals surface area contributed by atoms with Crippen LogP contribution in [0, 0.1) is 18.3 Å². The van der Waals surface area contributed by atoms with Crippen molar-refractivity contribution in [2.75, 3.05) is 6.54 Å². The molecule has 1 N–H and O–H groups in total. The van der Waals surface area contributed by atoms with Crippen molar-refractivity contribution in [2.45, 2.75) is 26.7 Å². The van der Waals surface area contributed by atoms with Crippen molar-refractivity contribution in [2.24, 2.45) is 0 Å². The van der Waals surface area contributed by atoms with E-state index in [0.29, 0.717) is 23.4 Å². The maximum atomic E-state index is 13.2. The highest BCUT2D eigenvalue weighted by molar-refractivity contribution is 6.11. The van der Waals surface area contributed by atoms with Crippen LogP contribution >= 0.6 is 0 Å². The first-order valence-electron chi connectivity index (χ1n) is 9.67. The summed E-state index contributed by atoms with van der Waals surface area (Å²) in [7, 11) is 0. The molecule has 0 unspecified atom stereocenters. The number of hydrogen-bond donors (Lipinski definition) is 1. The van der Waals surface area contributed by atoms with Crippen LogP contribution in [0.2, 0.25) is 0 Å². The second-order valence-corrected chi connectivity index (χ2v) is 6.82. The molecule has 3 rings (SSSR count). The Morgan fingerprint density at radius 1 is 1.14 bits per heavy atom. The fraction of sp³-hybridized carbons (Fsp3) is 0.208. The van der Waals surface area contributed by atoms with Gasteiger partial charge in [0, 0.05) is 23.9 Å². The number of ketones is 1. The minimum atomic E-state index is -0.397. The number of nitriles is 1. The van der Waals surface area contributed by atoms with E-state index >= 15 is 0 Å². The van der Waals surface area contributed by atoms with Gasteiger partial charge in [-0.05, 0) is 37.1 Å². The summed E-state index contributed by atoms with van der Waals surface area (Å²) in [6.45, 7) is 4.41. The van der Waals surface area contributed by atoms with Gasteiger partial charge in [0.1, 0.15) is 11.6 Å². The van der Waals surface area contributed by atoms with Crippen LogP contribution in [-0.4, -0.2) is 22.6 Å². The van der Waals surface area contributed by atoms with E-state index in [1.807, 2.05) is 66.9 Å².